The number of aliphatic imine (C=N–C) groups is 1. The van der Waals surface area contributed by atoms with Gasteiger partial charge in [-0.2, -0.15) is 0 Å². The molecule has 104 valence electrons. The van der Waals surface area contributed by atoms with Crippen LogP contribution in [0.3, 0.4) is 0 Å². The SMILES string of the molecule is C=C(C=O)/C=C(\N=CC)C(=O)Nc1cc(Cl)ccc1C. The molecule has 4 nitrogen and oxygen atoms in total. The first kappa shape index (κ1) is 15.9. The summed E-state index contributed by atoms with van der Waals surface area (Å²) in [4.78, 5) is 26.6. The van der Waals surface area contributed by atoms with E-state index in [0.29, 0.717) is 17.0 Å². The monoisotopic (exact) mass is 290 g/mol. The number of nitrogens with one attached hydrogen (secondary N) is 1. The Kier molecular flexibility index (Phi) is 5.87. The summed E-state index contributed by atoms with van der Waals surface area (Å²) in [7, 11) is 0. The Hall–Kier alpha value is -2.20. The Morgan fingerprint density at radius 2 is 2.15 bits per heavy atom. The fourth-order valence-electron chi connectivity index (χ4n) is 1.43. The van der Waals surface area contributed by atoms with E-state index in [0.717, 1.165) is 5.56 Å². The van der Waals surface area contributed by atoms with Gasteiger partial charge in [-0.15, -0.1) is 0 Å². The number of nitrogens with zero attached hydrogens (tertiary/aromatic N) is 1. The summed E-state index contributed by atoms with van der Waals surface area (Å²) in [5, 5.41) is 3.22. The van der Waals surface area contributed by atoms with Crippen LogP contribution in [0.1, 0.15) is 12.5 Å². The molecule has 0 aliphatic heterocycles. The van der Waals surface area contributed by atoms with Crippen LogP contribution < -0.4 is 5.32 Å². The number of benzene rings is 1. The molecule has 20 heavy (non-hydrogen) atoms. The van der Waals surface area contributed by atoms with Crippen molar-refractivity contribution in [2.75, 3.05) is 5.32 Å². The zero-order valence-electron chi connectivity index (χ0n) is 11.3. The van der Waals surface area contributed by atoms with Crippen molar-refractivity contribution in [2.24, 2.45) is 4.99 Å². The predicted octanol–water partition coefficient (Wildman–Crippen LogP) is 3.32. The number of hydrogen-bond donors (Lipinski definition) is 1. The van der Waals surface area contributed by atoms with Gasteiger partial charge in [0.1, 0.15) is 12.0 Å². The van der Waals surface area contributed by atoms with E-state index >= 15 is 0 Å². The molecule has 5 heteroatoms. The Labute approximate surface area is 122 Å². The number of carbonyl (C=O) groups excluding carboxylic acids is 2. The molecule has 1 aromatic carbocycles. The molecule has 0 saturated carbocycles. The number of carbonyl (C=O) groups is 2. The summed E-state index contributed by atoms with van der Waals surface area (Å²) in [6.45, 7) is 7.02. The zero-order valence-corrected chi connectivity index (χ0v) is 12.1. The Balaban J connectivity index is 3.03. The molecule has 1 amide bonds. The third-order valence-corrected chi connectivity index (χ3v) is 2.66. The number of halogens is 1. The van der Waals surface area contributed by atoms with Crippen molar-refractivity contribution >= 4 is 35.7 Å². The van der Waals surface area contributed by atoms with Gasteiger partial charge in [-0.05, 0) is 37.6 Å². The molecule has 0 fully saturated rings. The average Bonchev–Trinajstić information content (AvgIpc) is 2.42. The number of aryl methyl sites for hydroxylation is 1. The molecule has 0 radical (unpaired) electrons. The quantitative estimate of drug-likeness (QED) is 0.391. The molecular formula is C15H15ClN2O2. The summed E-state index contributed by atoms with van der Waals surface area (Å²) in [5.41, 5.74) is 1.74. The van der Waals surface area contributed by atoms with Gasteiger partial charge in [0.15, 0.2) is 0 Å². The molecule has 0 atom stereocenters. The predicted molar refractivity (Wildman–Crippen MR) is 82.3 cm³/mol. The highest BCUT2D eigenvalue weighted by Crippen LogP contribution is 2.21. The summed E-state index contributed by atoms with van der Waals surface area (Å²) in [5.74, 6) is -0.434. The fraction of sp³-hybridized carbons (Fsp3) is 0.133. The van der Waals surface area contributed by atoms with E-state index in [1.165, 1.54) is 12.3 Å². The minimum atomic E-state index is -0.434. The molecule has 1 N–H and O–H groups in total. The molecule has 0 spiro atoms. The van der Waals surface area contributed by atoms with Crippen molar-refractivity contribution in [1.29, 1.82) is 0 Å². The first-order valence-electron chi connectivity index (χ1n) is 5.90. The number of anilines is 1. The van der Waals surface area contributed by atoms with Crippen LogP contribution in [0, 0.1) is 6.92 Å². The van der Waals surface area contributed by atoms with Gasteiger partial charge < -0.3 is 5.32 Å². The van der Waals surface area contributed by atoms with E-state index in [1.54, 1.807) is 25.1 Å². The number of allylic oxidation sites excluding steroid dienone is 2. The lowest BCUT2D eigenvalue weighted by Crippen LogP contribution is -2.14. The van der Waals surface area contributed by atoms with Gasteiger partial charge in [-0.3, -0.25) is 14.6 Å². The van der Waals surface area contributed by atoms with Crippen LogP contribution in [-0.2, 0) is 9.59 Å². The van der Waals surface area contributed by atoms with Crippen LogP contribution in [-0.4, -0.2) is 18.4 Å². The van der Waals surface area contributed by atoms with Crippen LogP contribution in [0.5, 0.6) is 0 Å². The second kappa shape index (κ2) is 7.40. The lowest BCUT2D eigenvalue weighted by atomic mass is 10.2. The molecular weight excluding hydrogens is 276 g/mol. The maximum atomic E-state index is 12.1. The van der Waals surface area contributed by atoms with Crippen molar-refractivity contribution in [1.82, 2.24) is 0 Å². The zero-order chi connectivity index (χ0) is 15.1. The van der Waals surface area contributed by atoms with Crippen molar-refractivity contribution < 1.29 is 9.59 Å². The molecule has 0 aliphatic carbocycles. The molecule has 0 aromatic heterocycles. The minimum Gasteiger partial charge on any atom is -0.320 e. The lowest BCUT2D eigenvalue weighted by molar-refractivity contribution is -0.112. The van der Waals surface area contributed by atoms with E-state index in [4.69, 9.17) is 11.6 Å². The minimum absolute atomic E-state index is 0.101. The fourth-order valence-corrected chi connectivity index (χ4v) is 1.60. The van der Waals surface area contributed by atoms with Crippen molar-refractivity contribution in [3.8, 4) is 0 Å². The van der Waals surface area contributed by atoms with Crippen LogP contribution >= 0.6 is 11.6 Å². The van der Waals surface area contributed by atoms with Crippen LogP contribution in [0.2, 0.25) is 5.02 Å². The number of aldehydes is 1. The van der Waals surface area contributed by atoms with E-state index in [-0.39, 0.29) is 11.3 Å². The first-order valence-corrected chi connectivity index (χ1v) is 6.27. The van der Waals surface area contributed by atoms with Gasteiger partial charge >= 0.3 is 0 Å². The maximum Gasteiger partial charge on any atom is 0.274 e. The summed E-state index contributed by atoms with van der Waals surface area (Å²) >= 11 is 5.89. The molecule has 1 aromatic rings. The molecule has 0 aliphatic rings. The lowest BCUT2D eigenvalue weighted by Gasteiger charge is -2.09. The van der Waals surface area contributed by atoms with Crippen molar-refractivity contribution in [3.63, 3.8) is 0 Å². The maximum absolute atomic E-state index is 12.1. The number of hydrogen-bond acceptors (Lipinski definition) is 3. The Bertz CT molecular complexity index is 604. The van der Waals surface area contributed by atoms with E-state index in [2.05, 4.69) is 16.9 Å². The van der Waals surface area contributed by atoms with Crippen molar-refractivity contribution in [3.05, 3.63) is 52.7 Å². The second-order valence-corrected chi connectivity index (χ2v) is 4.46. The normalized spacial score (nSPS) is 11.4. The smallest absolute Gasteiger partial charge is 0.274 e. The molecule has 1 rings (SSSR count). The number of amides is 1. The van der Waals surface area contributed by atoms with Gasteiger partial charge in [-0.1, -0.05) is 24.2 Å². The van der Waals surface area contributed by atoms with Crippen LogP contribution in [0.25, 0.3) is 0 Å². The Morgan fingerprint density at radius 1 is 1.45 bits per heavy atom. The van der Waals surface area contributed by atoms with E-state index in [1.807, 2.05) is 6.92 Å². The third-order valence-electron chi connectivity index (χ3n) is 2.42. The van der Waals surface area contributed by atoms with Gasteiger partial charge in [0.05, 0.1) is 0 Å². The Morgan fingerprint density at radius 3 is 2.75 bits per heavy atom. The van der Waals surface area contributed by atoms with Crippen LogP contribution in [0.15, 0.2) is 47.1 Å². The van der Waals surface area contributed by atoms with E-state index < -0.39 is 5.91 Å². The van der Waals surface area contributed by atoms with Crippen molar-refractivity contribution in [2.45, 2.75) is 13.8 Å². The first-order chi connectivity index (χ1) is 9.47. The molecule has 0 heterocycles. The van der Waals surface area contributed by atoms with Gasteiger partial charge in [-0.25, -0.2) is 0 Å². The standard InChI is InChI=1S/C15H15ClN2O2/c1-4-17-14(7-10(2)9-19)15(20)18-13-8-12(16)6-5-11(13)3/h4-9H,2H2,1,3H3,(H,18,20)/b14-7-,17-4?. The van der Waals surface area contributed by atoms with Gasteiger partial charge in [0.25, 0.3) is 5.91 Å². The highest BCUT2D eigenvalue weighted by Gasteiger charge is 2.10. The van der Waals surface area contributed by atoms with Gasteiger partial charge in [0.2, 0.25) is 0 Å². The second-order valence-electron chi connectivity index (χ2n) is 4.02. The van der Waals surface area contributed by atoms with Crippen LogP contribution in [0.4, 0.5) is 5.69 Å². The molecule has 0 bridgehead atoms. The summed E-state index contributed by atoms with van der Waals surface area (Å²) in [6.07, 6.45) is 3.35. The highest BCUT2D eigenvalue weighted by molar-refractivity contribution is 6.31. The average molecular weight is 291 g/mol. The summed E-state index contributed by atoms with van der Waals surface area (Å²) in [6, 6.07) is 5.19. The van der Waals surface area contributed by atoms with Gasteiger partial charge in [0, 0.05) is 22.5 Å². The summed E-state index contributed by atoms with van der Waals surface area (Å²) < 4.78 is 0. The third kappa shape index (κ3) is 4.48. The topological polar surface area (TPSA) is 58.5 Å². The van der Waals surface area contributed by atoms with E-state index in [9.17, 15) is 9.59 Å². The molecule has 0 saturated heterocycles. The number of rotatable bonds is 5. The molecule has 0 unspecified atom stereocenters. The highest BCUT2D eigenvalue weighted by atomic mass is 35.5. The largest absolute Gasteiger partial charge is 0.320 e.